The Morgan fingerprint density at radius 3 is 2.57 bits per heavy atom. The number of nitrogens with zero attached hydrogens (tertiary/aromatic N) is 2. The van der Waals surface area contributed by atoms with Crippen LogP contribution < -0.4 is 10.1 Å². The van der Waals surface area contributed by atoms with Gasteiger partial charge in [-0.3, -0.25) is 4.79 Å². The van der Waals surface area contributed by atoms with Crippen LogP contribution in [0.2, 0.25) is 0 Å². The Balaban J connectivity index is 1.53. The van der Waals surface area contributed by atoms with Gasteiger partial charge >= 0.3 is 6.03 Å². The first-order valence-electron chi connectivity index (χ1n) is 13.0. The number of piperidine rings is 1. The maximum absolute atomic E-state index is 13.3. The molecule has 8 nitrogen and oxygen atoms in total. The van der Waals surface area contributed by atoms with Crippen LogP contribution in [-0.2, 0) is 10.2 Å². The number of nitrogens with one attached hydrogen (secondary N) is 2. The van der Waals surface area contributed by atoms with E-state index in [9.17, 15) is 14.7 Å². The van der Waals surface area contributed by atoms with Crippen molar-refractivity contribution in [3.8, 4) is 5.75 Å². The number of hydrogen-bond donors (Lipinski definition) is 3. The summed E-state index contributed by atoms with van der Waals surface area (Å²) in [4.78, 5) is 33.8. The number of aromatic nitrogens is 1. The number of likely N-dealkylation sites (tertiary alicyclic amines) is 1. The molecule has 1 aliphatic carbocycles. The van der Waals surface area contributed by atoms with Gasteiger partial charge in [0.25, 0.3) is 0 Å². The van der Waals surface area contributed by atoms with Gasteiger partial charge in [-0.1, -0.05) is 12.8 Å². The van der Waals surface area contributed by atoms with Gasteiger partial charge in [-0.2, -0.15) is 0 Å². The highest BCUT2D eigenvalue weighted by Gasteiger charge is 2.49. The van der Waals surface area contributed by atoms with E-state index in [1.807, 2.05) is 26.0 Å². The summed E-state index contributed by atoms with van der Waals surface area (Å²) in [5, 5.41) is 14.6. The zero-order valence-electron chi connectivity index (χ0n) is 21.1. The Kier molecular flexibility index (Phi) is 6.42. The first kappa shape index (κ1) is 24.0. The molecule has 3 heterocycles. The third-order valence-corrected chi connectivity index (χ3v) is 8.33. The van der Waals surface area contributed by atoms with Gasteiger partial charge < -0.3 is 29.9 Å². The smallest absolute Gasteiger partial charge is 0.318 e. The fourth-order valence-corrected chi connectivity index (χ4v) is 6.54. The number of methoxy groups -OCH3 is 1. The molecular formula is C27H38N4O4. The number of carbonyl (C=O) groups is 2. The van der Waals surface area contributed by atoms with Crippen LogP contribution in [0.4, 0.5) is 4.79 Å². The lowest BCUT2D eigenvalue weighted by Crippen LogP contribution is -2.58. The number of aliphatic hydroxyl groups excluding tert-OH is 1. The van der Waals surface area contributed by atoms with Crippen molar-refractivity contribution >= 4 is 22.8 Å². The van der Waals surface area contributed by atoms with Gasteiger partial charge in [0.05, 0.1) is 19.8 Å². The Labute approximate surface area is 207 Å². The summed E-state index contributed by atoms with van der Waals surface area (Å²) in [6.45, 7) is 5.64. The fraction of sp³-hybridized carbons (Fsp3) is 0.630. The van der Waals surface area contributed by atoms with E-state index in [0.717, 1.165) is 60.9 Å². The average Bonchev–Trinajstić information content (AvgIpc) is 3.52. The maximum atomic E-state index is 13.3. The van der Waals surface area contributed by atoms with Crippen LogP contribution in [0, 0.1) is 5.92 Å². The third kappa shape index (κ3) is 4.15. The van der Waals surface area contributed by atoms with Gasteiger partial charge in [0.15, 0.2) is 0 Å². The summed E-state index contributed by atoms with van der Waals surface area (Å²) in [7, 11) is 1.65. The molecule has 2 fully saturated rings. The molecule has 0 radical (unpaired) electrons. The lowest BCUT2D eigenvalue weighted by atomic mass is 9.68. The second-order valence-corrected chi connectivity index (χ2v) is 10.8. The number of H-pyrrole nitrogens is 1. The van der Waals surface area contributed by atoms with E-state index in [1.54, 1.807) is 12.0 Å². The summed E-state index contributed by atoms with van der Waals surface area (Å²) in [5.41, 5.74) is 2.75. The van der Waals surface area contributed by atoms with Crippen molar-refractivity contribution in [2.75, 3.05) is 33.4 Å². The van der Waals surface area contributed by atoms with Crippen molar-refractivity contribution in [3.63, 3.8) is 0 Å². The van der Waals surface area contributed by atoms with E-state index in [1.165, 1.54) is 5.56 Å². The lowest BCUT2D eigenvalue weighted by Gasteiger charge is -2.50. The minimum atomic E-state index is -0.453. The van der Waals surface area contributed by atoms with Crippen LogP contribution in [0.1, 0.15) is 69.7 Å². The molecule has 190 valence electrons. The van der Waals surface area contributed by atoms with Crippen molar-refractivity contribution < 1.29 is 19.4 Å². The van der Waals surface area contributed by atoms with Crippen molar-refractivity contribution in [3.05, 3.63) is 29.5 Å². The van der Waals surface area contributed by atoms with Gasteiger partial charge in [0.2, 0.25) is 5.91 Å². The molecular weight excluding hydrogens is 444 g/mol. The van der Waals surface area contributed by atoms with Crippen molar-refractivity contribution in [2.24, 2.45) is 5.92 Å². The summed E-state index contributed by atoms with van der Waals surface area (Å²) in [6, 6.07) is 5.41. The molecule has 8 heteroatoms. The van der Waals surface area contributed by atoms with Crippen LogP contribution >= 0.6 is 0 Å². The quantitative estimate of drug-likeness (QED) is 0.619. The topological polar surface area (TPSA) is 97.9 Å². The summed E-state index contributed by atoms with van der Waals surface area (Å²) >= 11 is 0. The van der Waals surface area contributed by atoms with E-state index in [0.29, 0.717) is 25.5 Å². The SMILES string of the molecule is COc1ccc2c3c([nH]c2c1)[C@H](CO)N(C(=O)NC(C)C)CC31CCN(C(=O)C2CCCC2)CC1. The standard InChI is InChI=1S/C27H38N4O4/c1-17(2)28-26(34)31-16-27(10-12-30(13-11-27)25(33)18-6-4-5-7-18)23-20-9-8-19(35-3)14-21(20)29-24(23)22(31)15-32/h8-9,14,17-18,22,29,32H,4-7,10-13,15-16H2,1-3H3,(H,28,34)/t22-/m0/s1. The highest BCUT2D eigenvalue weighted by Crippen LogP contribution is 2.49. The second kappa shape index (κ2) is 9.37. The first-order valence-corrected chi connectivity index (χ1v) is 13.0. The van der Waals surface area contributed by atoms with Crippen LogP contribution in [0.15, 0.2) is 18.2 Å². The highest BCUT2D eigenvalue weighted by atomic mass is 16.5. The van der Waals surface area contributed by atoms with Gasteiger partial charge in [-0.05, 0) is 57.2 Å². The van der Waals surface area contributed by atoms with Crippen molar-refractivity contribution in [2.45, 2.75) is 69.9 Å². The molecule has 0 unspecified atom stereocenters. The molecule has 1 saturated carbocycles. The Hall–Kier alpha value is -2.74. The zero-order chi connectivity index (χ0) is 24.7. The normalized spacial score (nSPS) is 22.1. The van der Waals surface area contributed by atoms with Crippen LogP contribution in [0.5, 0.6) is 5.75 Å². The van der Waals surface area contributed by atoms with Crippen LogP contribution in [0.3, 0.4) is 0 Å². The predicted molar refractivity (Wildman–Crippen MR) is 135 cm³/mol. The molecule has 1 saturated heterocycles. The largest absolute Gasteiger partial charge is 0.497 e. The molecule has 2 aromatic rings. The minimum Gasteiger partial charge on any atom is -0.497 e. The number of rotatable bonds is 4. The number of carbonyl (C=O) groups excluding carboxylic acids is 2. The summed E-state index contributed by atoms with van der Waals surface area (Å²) < 4.78 is 5.45. The number of hydrogen-bond acceptors (Lipinski definition) is 4. The number of fused-ring (bicyclic) bond motifs is 4. The van der Waals surface area contributed by atoms with Crippen LogP contribution in [-0.4, -0.2) is 71.2 Å². The maximum Gasteiger partial charge on any atom is 0.318 e. The second-order valence-electron chi connectivity index (χ2n) is 10.8. The molecule has 5 rings (SSSR count). The van der Waals surface area contributed by atoms with E-state index in [4.69, 9.17) is 4.74 Å². The van der Waals surface area contributed by atoms with Gasteiger partial charge in [0.1, 0.15) is 5.75 Å². The average molecular weight is 483 g/mol. The van der Waals surface area contributed by atoms with E-state index in [2.05, 4.69) is 21.3 Å². The van der Waals surface area contributed by atoms with E-state index < -0.39 is 6.04 Å². The highest BCUT2D eigenvalue weighted by molar-refractivity contribution is 5.89. The minimum absolute atomic E-state index is 0.00274. The lowest BCUT2D eigenvalue weighted by molar-refractivity contribution is -0.137. The Bertz CT molecular complexity index is 1100. The Morgan fingerprint density at radius 1 is 1.23 bits per heavy atom. The predicted octanol–water partition coefficient (Wildman–Crippen LogP) is 3.69. The van der Waals surface area contributed by atoms with Gasteiger partial charge in [-0.25, -0.2) is 4.79 Å². The number of aromatic amines is 1. The summed E-state index contributed by atoms with van der Waals surface area (Å²) in [5.74, 6) is 1.25. The van der Waals surface area contributed by atoms with E-state index in [-0.39, 0.29) is 30.0 Å². The summed E-state index contributed by atoms with van der Waals surface area (Å²) in [6.07, 6.45) is 5.91. The monoisotopic (exact) mass is 482 g/mol. The molecule has 3 N–H and O–H groups in total. The number of ether oxygens (including phenoxy) is 1. The van der Waals surface area contributed by atoms with Crippen LogP contribution in [0.25, 0.3) is 10.9 Å². The molecule has 0 bridgehead atoms. The molecule has 1 spiro atoms. The molecule has 1 aromatic carbocycles. The molecule has 35 heavy (non-hydrogen) atoms. The fourth-order valence-electron chi connectivity index (χ4n) is 6.54. The number of benzene rings is 1. The first-order chi connectivity index (χ1) is 16.9. The number of aliphatic hydroxyl groups is 1. The molecule has 3 amide bonds. The molecule has 1 aromatic heterocycles. The number of urea groups is 1. The molecule has 2 aliphatic heterocycles. The van der Waals surface area contributed by atoms with Crippen molar-refractivity contribution in [1.82, 2.24) is 20.1 Å². The van der Waals surface area contributed by atoms with E-state index >= 15 is 0 Å². The van der Waals surface area contributed by atoms with Gasteiger partial charge in [0, 0.05) is 59.7 Å². The molecule has 3 aliphatic rings. The third-order valence-electron chi connectivity index (χ3n) is 8.33. The Morgan fingerprint density at radius 2 is 1.94 bits per heavy atom. The zero-order valence-corrected chi connectivity index (χ0v) is 21.1. The van der Waals surface area contributed by atoms with Crippen molar-refractivity contribution in [1.29, 1.82) is 0 Å². The van der Waals surface area contributed by atoms with Gasteiger partial charge in [-0.15, -0.1) is 0 Å². The number of amides is 3. The molecule has 1 atom stereocenters.